The van der Waals surface area contributed by atoms with E-state index in [9.17, 15) is 0 Å². The Morgan fingerprint density at radius 2 is 2.28 bits per heavy atom. The highest BCUT2D eigenvalue weighted by Crippen LogP contribution is 2.27. The van der Waals surface area contributed by atoms with E-state index in [1.165, 1.54) is 0 Å². The van der Waals surface area contributed by atoms with Crippen molar-refractivity contribution in [2.45, 2.75) is 26.4 Å². The topological polar surface area (TPSA) is 60.1 Å². The van der Waals surface area contributed by atoms with Gasteiger partial charge in [-0.05, 0) is 13.3 Å². The first-order valence-electron chi connectivity index (χ1n) is 6.33. The number of hydrogen-bond acceptors (Lipinski definition) is 3. The third kappa shape index (κ3) is 4.24. The molecule has 2 fully saturated rings. The molecule has 2 N–H and O–H groups in total. The number of aliphatic imine (C=N–C) groups is 1. The van der Waals surface area contributed by atoms with Crippen LogP contribution >= 0.6 is 24.0 Å². The molecule has 2 aliphatic rings. The lowest BCUT2D eigenvalue weighted by atomic mass is 9.90. The largest absolute Gasteiger partial charge is 0.381 e. The summed E-state index contributed by atoms with van der Waals surface area (Å²) < 4.78 is 10.9. The maximum atomic E-state index is 6.03. The first kappa shape index (κ1) is 16.0. The second kappa shape index (κ2) is 6.91. The third-order valence-corrected chi connectivity index (χ3v) is 3.49. The molecule has 2 saturated heterocycles. The van der Waals surface area contributed by atoms with Crippen LogP contribution in [-0.2, 0) is 9.47 Å². The van der Waals surface area contributed by atoms with Crippen LogP contribution in [0, 0.1) is 5.41 Å². The van der Waals surface area contributed by atoms with Gasteiger partial charge in [-0.3, -0.25) is 4.99 Å². The fraction of sp³-hybridized carbons (Fsp3) is 0.917. The molecule has 0 aromatic carbocycles. The summed E-state index contributed by atoms with van der Waals surface area (Å²) in [4.78, 5) is 6.63. The highest BCUT2D eigenvalue weighted by atomic mass is 127. The lowest BCUT2D eigenvalue weighted by Crippen LogP contribution is -2.48. The minimum Gasteiger partial charge on any atom is -0.381 e. The molecule has 2 unspecified atom stereocenters. The van der Waals surface area contributed by atoms with Gasteiger partial charge in [-0.15, -0.1) is 24.0 Å². The van der Waals surface area contributed by atoms with Crippen LogP contribution in [0.25, 0.3) is 0 Å². The molecule has 2 aliphatic heterocycles. The minimum atomic E-state index is 0. The smallest absolute Gasteiger partial charge is 0.191 e. The Bertz CT molecular complexity index is 293. The van der Waals surface area contributed by atoms with Gasteiger partial charge in [0.2, 0.25) is 0 Å². The standard InChI is InChI=1S/C12H23N3O2.HI/c1-10-7-15(4-6-17-10)11(13)14-8-12(2)3-5-16-9-12;/h10H,3-9H2,1-2H3,(H2,13,14);1H. The summed E-state index contributed by atoms with van der Waals surface area (Å²) in [7, 11) is 0. The van der Waals surface area contributed by atoms with Crippen LogP contribution in [0.2, 0.25) is 0 Å². The fourth-order valence-corrected chi connectivity index (χ4v) is 2.23. The zero-order valence-corrected chi connectivity index (χ0v) is 13.6. The maximum absolute atomic E-state index is 6.03. The molecule has 2 atom stereocenters. The van der Waals surface area contributed by atoms with Crippen LogP contribution < -0.4 is 5.73 Å². The Labute approximate surface area is 126 Å². The van der Waals surface area contributed by atoms with Crippen molar-refractivity contribution in [3.05, 3.63) is 0 Å². The van der Waals surface area contributed by atoms with Crippen molar-refractivity contribution >= 4 is 29.9 Å². The molecule has 18 heavy (non-hydrogen) atoms. The van der Waals surface area contributed by atoms with Crippen LogP contribution in [0.15, 0.2) is 4.99 Å². The summed E-state index contributed by atoms with van der Waals surface area (Å²) in [6.45, 7) is 9.08. The molecule has 2 rings (SSSR count). The summed E-state index contributed by atoms with van der Waals surface area (Å²) in [5, 5.41) is 0. The van der Waals surface area contributed by atoms with E-state index in [0.29, 0.717) is 5.96 Å². The minimum absolute atomic E-state index is 0. The van der Waals surface area contributed by atoms with Crippen molar-refractivity contribution < 1.29 is 9.47 Å². The van der Waals surface area contributed by atoms with E-state index in [4.69, 9.17) is 15.2 Å². The second-order valence-corrected chi connectivity index (χ2v) is 5.42. The van der Waals surface area contributed by atoms with Crippen LogP contribution in [0.4, 0.5) is 0 Å². The van der Waals surface area contributed by atoms with E-state index in [-0.39, 0.29) is 35.5 Å². The Hall–Kier alpha value is -0.0800. The number of guanidine groups is 1. The van der Waals surface area contributed by atoms with Crippen LogP contribution in [0.5, 0.6) is 0 Å². The molecule has 0 aliphatic carbocycles. The number of nitrogens with two attached hydrogens (primary N) is 1. The molecule has 0 aromatic heterocycles. The van der Waals surface area contributed by atoms with Crippen LogP contribution in [0.3, 0.4) is 0 Å². The van der Waals surface area contributed by atoms with Gasteiger partial charge in [-0.1, -0.05) is 6.92 Å². The lowest BCUT2D eigenvalue weighted by molar-refractivity contribution is 0.00522. The molecule has 106 valence electrons. The second-order valence-electron chi connectivity index (χ2n) is 5.42. The maximum Gasteiger partial charge on any atom is 0.191 e. The Balaban J connectivity index is 0.00000162. The summed E-state index contributed by atoms with van der Waals surface area (Å²) in [6.07, 6.45) is 1.31. The SMILES string of the molecule is CC1CN(C(N)=NCC2(C)CCOC2)CCO1.I. The highest BCUT2D eigenvalue weighted by Gasteiger charge is 2.29. The number of halogens is 1. The third-order valence-electron chi connectivity index (χ3n) is 3.49. The summed E-state index contributed by atoms with van der Waals surface area (Å²) in [6, 6.07) is 0. The van der Waals surface area contributed by atoms with Crippen LogP contribution in [-0.4, -0.2) is 56.4 Å². The van der Waals surface area contributed by atoms with Crippen molar-refractivity contribution in [2.24, 2.45) is 16.1 Å². The Morgan fingerprint density at radius 1 is 1.50 bits per heavy atom. The van der Waals surface area contributed by atoms with Gasteiger partial charge >= 0.3 is 0 Å². The van der Waals surface area contributed by atoms with Gasteiger partial charge in [-0.25, -0.2) is 0 Å². The van der Waals surface area contributed by atoms with Crippen molar-refractivity contribution in [2.75, 3.05) is 39.5 Å². The first-order chi connectivity index (χ1) is 8.09. The van der Waals surface area contributed by atoms with Crippen molar-refractivity contribution in [1.29, 1.82) is 0 Å². The molecule has 0 spiro atoms. The molecule has 2 heterocycles. The zero-order valence-electron chi connectivity index (χ0n) is 11.2. The van der Waals surface area contributed by atoms with Crippen molar-refractivity contribution in [1.82, 2.24) is 4.90 Å². The molecule has 6 heteroatoms. The molecular formula is C12H24IN3O2. The average Bonchev–Trinajstić information content (AvgIpc) is 2.74. The monoisotopic (exact) mass is 369 g/mol. The molecule has 0 radical (unpaired) electrons. The normalized spacial score (nSPS) is 33.3. The summed E-state index contributed by atoms with van der Waals surface area (Å²) >= 11 is 0. The van der Waals surface area contributed by atoms with E-state index in [0.717, 1.165) is 45.9 Å². The van der Waals surface area contributed by atoms with E-state index in [2.05, 4.69) is 23.7 Å². The molecule has 0 amide bonds. The fourth-order valence-electron chi connectivity index (χ4n) is 2.23. The van der Waals surface area contributed by atoms with Gasteiger partial charge in [0.1, 0.15) is 0 Å². The van der Waals surface area contributed by atoms with Gasteiger partial charge in [0, 0.05) is 25.1 Å². The van der Waals surface area contributed by atoms with E-state index >= 15 is 0 Å². The molecule has 0 saturated carbocycles. The zero-order chi connectivity index (χ0) is 12.3. The predicted molar refractivity (Wildman–Crippen MR) is 82.4 cm³/mol. The number of rotatable bonds is 2. The van der Waals surface area contributed by atoms with Crippen molar-refractivity contribution in [3.63, 3.8) is 0 Å². The molecular weight excluding hydrogens is 345 g/mol. The van der Waals surface area contributed by atoms with E-state index in [1.54, 1.807) is 0 Å². The summed E-state index contributed by atoms with van der Waals surface area (Å²) in [5.74, 6) is 0.647. The molecule has 0 bridgehead atoms. The predicted octanol–water partition coefficient (Wildman–Crippen LogP) is 1.07. The van der Waals surface area contributed by atoms with Gasteiger partial charge in [0.25, 0.3) is 0 Å². The average molecular weight is 369 g/mol. The Kier molecular flexibility index (Phi) is 6.13. The quantitative estimate of drug-likeness (QED) is 0.449. The molecule has 5 nitrogen and oxygen atoms in total. The highest BCUT2D eigenvalue weighted by molar-refractivity contribution is 14.0. The lowest BCUT2D eigenvalue weighted by Gasteiger charge is -2.32. The van der Waals surface area contributed by atoms with E-state index in [1.807, 2.05) is 0 Å². The first-order valence-corrected chi connectivity index (χ1v) is 6.33. The van der Waals surface area contributed by atoms with Gasteiger partial charge < -0.3 is 20.1 Å². The molecule has 0 aromatic rings. The van der Waals surface area contributed by atoms with Crippen molar-refractivity contribution in [3.8, 4) is 0 Å². The number of ether oxygens (including phenoxy) is 2. The van der Waals surface area contributed by atoms with Gasteiger partial charge in [-0.2, -0.15) is 0 Å². The van der Waals surface area contributed by atoms with Gasteiger partial charge in [0.05, 0.1) is 25.9 Å². The summed E-state index contributed by atoms with van der Waals surface area (Å²) in [5.41, 5.74) is 6.20. The van der Waals surface area contributed by atoms with Crippen LogP contribution in [0.1, 0.15) is 20.3 Å². The van der Waals surface area contributed by atoms with E-state index < -0.39 is 0 Å². The number of hydrogen-bond donors (Lipinski definition) is 1. The van der Waals surface area contributed by atoms with Gasteiger partial charge in [0.15, 0.2) is 5.96 Å². The Morgan fingerprint density at radius 3 is 2.89 bits per heavy atom. The number of morpholine rings is 1. The number of nitrogens with zero attached hydrogens (tertiary/aromatic N) is 2.